The first-order chi connectivity index (χ1) is 13.8. The number of fused-ring (bicyclic) bond motifs is 1. The predicted octanol–water partition coefficient (Wildman–Crippen LogP) is -0.503. The van der Waals surface area contributed by atoms with Gasteiger partial charge in [0.2, 0.25) is 10.0 Å². The number of nitrogens with zero attached hydrogens (tertiary/aromatic N) is 1. The normalized spacial score (nSPS) is 18.9. The molecule has 1 atom stereocenters. The fraction of sp³-hybridized carbons (Fsp3) is 0.500. The van der Waals surface area contributed by atoms with E-state index in [1.54, 1.807) is 0 Å². The van der Waals surface area contributed by atoms with Crippen LogP contribution in [0.5, 0.6) is 0 Å². The maximum absolute atomic E-state index is 12.6. The monoisotopic (exact) mass is 425 g/mol. The van der Waals surface area contributed by atoms with Crippen molar-refractivity contribution < 1.29 is 32.3 Å². The first kappa shape index (κ1) is 21.4. The van der Waals surface area contributed by atoms with Crippen molar-refractivity contribution in [1.82, 2.24) is 10.2 Å². The molecule has 2 aliphatic rings. The van der Waals surface area contributed by atoms with Crippen LogP contribution in [0, 0.1) is 0 Å². The molecule has 10 nitrogen and oxygen atoms in total. The van der Waals surface area contributed by atoms with Gasteiger partial charge in [-0.2, -0.15) is 0 Å². The van der Waals surface area contributed by atoms with E-state index in [1.165, 1.54) is 23.1 Å². The molecule has 29 heavy (non-hydrogen) atoms. The number of primary sulfonamides is 1. The molecule has 1 saturated heterocycles. The molecule has 2 heterocycles. The van der Waals surface area contributed by atoms with Gasteiger partial charge in [0.05, 0.1) is 42.7 Å². The van der Waals surface area contributed by atoms with Crippen molar-refractivity contribution in [2.75, 3.05) is 38.7 Å². The Kier molecular flexibility index (Phi) is 6.63. The summed E-state index contributed by atoms with van der Waals surface area (Å²) in [6.45, 7) is 1.04. The number of amides is 3. The molecular formula is C18H23N3O7S. The van der Waals surface area contributed by atoms with E-state index in [9.17, 15) is 22.8 Å². The van der Waals surface area contributed by atoms with Gasteiger partial charge in [-0.1, -0.05) is 0 Å². The van der Waals surface area contributed by atoms with Crippen molar-refractivity contribution in [3.63, 3.8) is 0 Å². The molecule has 3 rings (SSSR count). The number of imide groups is 1. The highest BCUT2D eigenvalue weighted by atomic mass is 32.2. The van der Waals surface area contributed by atoms with Gasteiger partial charge in [0, 0.05) is 18.7 Å². The number of rotatable bonds is 9. The SMILES string of the molecule is NS(=O)(=O)CCOCCNC(=O)c1ccc2c(c1)C(=O)N(C[C@@H]1CCCO1)C2=O. The highest BCUT2D eigenvalue weighted by Crippen LogP contribution is 2.26. The third kappa shape index (κ3) is 5.38. The molecule has 1 aromatic carbocycles. The highest BCUT2D eigenvalue weighted by Gasteiger charge is 2.37. The average Bonchev–Trinajstić information content (AvgIpc) is 3.26. The number of hydrogen-bond acceptors (Lipinski definition) is 7. The van der Waals surface area contributed by atoms with E-state index in [2.05, 4.69) is 5.32 Å². The van der Waals surface area contributed by atoms with Gasteiger partial charge in [0.15, 0.2) is 0 Å². The smallest absolute Gasteiger partial charge is 0.261 e. The van der Waals surface area contributed by atoms with Crippen LogP contribution in [0.4, 0.5) is 0 Å². The summed E-state index contributed by atoms with van der Waals surface area (Å²) < 4.78 is 32.2. The summed E-state index contributed by atoms with van der Waals surface area (Å²) in [6, 6.07) is 4.36. The zero-order valence-electron chi connectivity index (χ0n) is 15.8. The molecule has 1 aromatic rings. The zero-order chi connectivity index (χ0) is 21.0. The zero-order valence-corrected chi connectivity index (χ0v) is 16.6. The number of carbonyl (C=O) groups excluding carboxylic acids is 3. The van der Waals surface area contributed by atoms with Crippen LogP contribution < -0.4 is 10.5 Å². The molecule has 0 saturated carbocycles. The van der Waals surface area contributed by atoms with Crippen molar-refractivity contribution in [3.05, 3.63) is 34.9 Å². The van der Waals surface area contributed by atoms with Gasteiger partial charge in [-0.3, -0.25) is 19.3 Å². The van der Waals surface area contributed by atoms with Gasteiger partial charge in [0.25, 0.3) is 17.7 Å². The minimum atomic E-state index is -3.58. The first-order valence-corrected chi connectivity index (χ1v) is 11.0. The molecule has 11 heteroatoms. The Labute approximate surface area is 168 Å². The second kappa shape index (κ2) is 8.99. The van der Waals surface area contributed by atoms with Gasteiger partial charge < -0.3 is 14.8 Å². The molecule has 0 aromatic heterocycles. The topological polar surface area (TPSA) is 145 Å². The van der Waals surface area contributed by atoms with E-state index in [-0.39, 0.29) is 60.8 Å². The summed E-state index contributed by atoms with van der Waals surface area (Å²) in [7, 11) is -3.58. The van der Waals surface area contributed by atoms with E-state index >= 15 is 0 Å². The van der Waals surface area contributed by atoms with Crippen LogP contribution in [-0.4, -0.2) is 75.8 Å². The molecule has 3 amide bonds. The maximum Gasteiger partial charge on any atom is 0.261 e. The summed E-state index contributed by atoms with van der Waals surface area (Å²) in [6.07, 6.45) is 1.57. The van der Waals surface area contributed by atoms with E-state index in [1.807, 2.05) is 0 Å². The summed E-state index contributed by atoms with van der Waals surface area (Å²) in [5, 5.41) is 7.47. The number of benzene rings is 1. The largest absolute Gasteiger partial charge is 0.379 e. The number of hydrogen-bond donors (Lipinski definition) is 2. The number of nitrogens with two attached hydrogens (primary N) is 1. The molecule has 0 aliphatic carbocycles. The maximum atomic E-state index is 12.6. The van der Waals surface area contributed by atoms with Crippen LogP contribution in [0.15, 0.2) is 18.2 Å². The summed E-state index contributed by atoms with van der Waals surface area (Å²) >= 11 is 0. The lowest BCUT2D eigenvalue weighted by Gasteiger charge is -2.17. The fourth-order valence-electron chi connectivity index (χ4n) is 3.21. The van der Waals surface area contributed by atoms with Crippen molar-refractivity contribution in [1.29, 1.82) is 0 Å². The van der Waals surface area contributed by atoms with Crippen molar-refractivity contribution in [2.45, 2.75) is 18.9 Å². The van der Waals surface area contributed by atoms with Crippen LogP contribution >= 0.6 is 0 Å². The molecule has 1 fully saturated rings. The van der Waals surface area contributed by atoms with Gasteiger partial charge in [0.1, 0.15) is 0 Å². The van der Waals surface area contributed by atoms with Crippen LogP contribution in [-0.2, 0) is 19.5 Å². The first-order valence-electron chi connectivity index (χ1n) is 9.24. The van der Waals surface area contributed by atoms with Gasteiger partial charge in [-0.15, -0.1) is 0 Å². The summed E-state index contributed by atoms with van der Waals surface area (Å²) in [4.78, 5) is 38.6. The number of nitrogens with one attached hydrogen (secondary N) is 1. The number of carbonyl (C=O) groups is 3. The quantitative estimate of drug-likeness (QED) is 0.400. The van der Waals surface area contributed by atoms with Gasteiger partial charge in [-0.25, -0.2) is 13.6 Å². The lowest BCUT2D eigenvalue weighted by atomic mass is 10.1. The Hall–Kier alpha value is -2.34. The van der Waals surface area contributed by atoms with E-state index < -0.39 is 21.8 Å². The van der Waals surface area contributed by atoms with E-state index in [0.29, 0.717) is 6.61 Å². The highest BCUT2D eigenvalue weighted by molar-refractivity contribution is 7.89. The van der Waals surface area contributed by atoms with Crippen LogP contribution in [0.3, 0.4) is 0 Å². The van der Waals surface area contributed by atoms with Crippen LogP contribution in [0.1, 0.15) is 43.9 Å². The molecule has 0 radical (unpaired) electrons. The average molecular weight is 425 g/mol. The Morgan fingerprint density at radius 1 is 1.24 bits per heavy atom. The standard InChI is InChI=1S/C18H23N3O7S/c19-29(25,26)9-8-27-7-5-20-16(22)12-3-4-14-15(10-12)18(24)21(17(14)23)11-13-2-1-6-28-13/h3-4,10,13H,1-2,5-9,11H2,(H,20,22)(H2,19,25,26)/t13-/m0/s1. The third-order valence-corrected chi connectivity index (χ3v) is 5.42. The van der Waals surface area contributed by atoms with Crippen molar-refractivity contribution in [2.24, 2.45) is 5.14 Å². The van der Waals surface area contributed by atoms with Crippen molar-refractivity contribution in [3.8, 4) is 0 Å². The van der Waals surface area contributed by atoms with E-state index in [4.69, 9.17) is 14.6 Å². The second-order valence-electron chi connectivity index (χ2n) is 6.85. The molecule has 0 spiro atoms. The third-order valence-electron chi connectivity index (χ3n) is 4.69. The lowest BCUT2D eigenvalue weighted by molar-refractivity contribution is 0.0475. The minimum absolute atomic E-state index is 0.0648. The summed E-state index contributed by atoms with van der Waals surface area (Å²) in [5.41, 5.74) is 0.717. The Morgan fingerprint density at radius 3 is 2.69 bits per heavy atom. The van der Waals surface area contributed by atoms with Crippen molar-refractivity contribution >= 4 is 27.7 Å². The van der Waals surface area contributed by atoms with Crippen LogP contribution in [0.2, 0.25) is 0 Å². The Balaban J connectivity index is 1.54. The minimum Gasteiger partial charge on any atom is -0.379 e. The Bertz CT molecular complexity index is 910. The van der Waals surface area contributed by atoms with Gasteiger partial charge in [-0.05, 0) is 31.0 Å². The predicted molar refractivity (Wildman–Crippen MR) is 102 cm³/mol. The number of ether oxygens (including phenoxy) is 2. The molecule has 2 aliphatic heterocycles. The fourth-order valence-corrected chi connectivity index (χ4v) is 3.56. The molecular weight excluding hydrogens is 402 g/mol. The van der Waals surface area contributed by atoms with E-state index in [0.717, 1.165) is 12.8 Å². The van der Waals surface area contributed by atoms with Crippen LogP contribution in [0.25, 0.3) is 0 Å². The van der Waals surface area contributed by atoms with Gasteiger partial charge >= 0.3 is 0 Å². The molecule has 0 unspecified atom stereocenters. The lowest BCUT2D eigenvalue weighted by Crippen LogP contribution is -2.36. The molecule has 0 bridgehead atoms. The number of sulfonamides is 1. The molecule has 3 N–H and O–H groups in total. The Morgan fingerprint density at radius 2 is 2.00 bits per heavy atom. The second-order valence-corrected chi connectivity index (χ2v) is 8.59. The molecule has 158 valence electrons. The summed E-state index contributed by atoms with van der Waals surface area (Å²) in [5.74, 6) is -1.54.